The molecule has 0 bridgehead atoms. The van der Waals surface area contributed by atoms with Crippen LogP contribution in [-0.4, -0.2) is 35.1 Å². The maximum Gasteiger partial charge on any atom is 0.124 e. The van der Waals surface area contributed by atoms with Crippen LogP contribution in [0.5, 0.6) is 5.75 Å². The van der Waals surface area contributed by atoms with Crippen LogP contribution in [-0.2, 0) is 15.7 Å². The van der Waals surface area contributed by atoms with Gasteiger partial charge in [0.1, 0.15) is 16.7 Å². The smallest absolute Gasteiger partial charge is 0.124 e. The summed E-state index contributed by atoms with van der Waals surface area (Å²) in [6.07, 6.45) is 0. The molecule has 0 fully saturated rings. The number of phenols is 1. The second kappa shape index (κ2) is 7.36. The van der Waals surface area contributed by atoms with Crippen molar-refractivity contribution >= 4 is 11.0 Å². The standard InChI is InChI=1S/C9H13NO3S.H2O.H2/c1-13-7-6-10-14(12)9-4-2-8(11)3-5-9;;/h2-5,10-11H,6-7H2,1H3;1H2;1H. The summed E-state index contributed by atoms with van der Waals surface area (Å²) in [5.41, 5.74) is 0. The van der Waals surface area contributed by atoms with Crippen LogP contribution in [0.15, 0.2) is 29.2 Å². The molecular formula is C9H17NO4S. The van der Waals surface area contributed by atoms with Gasteiger partial charge < -0.3 is 15.3 Å². The zero-order chi connectivity index (χ0) is 10.4. The normalized spacial score (nSPS) is 11.8. The predicted octanol–water partition coefficient (Wildman–Crippen LogP) is 0.0721. The van der Waals surface area contributed by atoms with Crippen LogP contribution in [0.2, 0.25) is 0 Å². The van der Waals surface area contributed by atoms with Gasteiger partial charge in [0.2, 0.25) is 0 Å². The average Bonchev–Trinajstić information content (AvgIpc) is 2.19. The van der Waals surface area contributed by atoms with Crippen LogP contribution in [0.3, 0.4) is 0 Å². The molecule has 0 heterocycles. The van der Waals surface area contributed by atoms with Crippen molar-refractivity contribution in [3.05, 3.63) is 24.3 Å². The summed E-state index contributed by atoms with van der Waals surface area (Å²) in [7, 11) is 0.354. The van der Waals surface area contributed by atoms with Gasteiger partial charge >= 0.3 is 0 Å². The van der Waals surface area contributed by atoms with Gasteiger partial charge in [0, 0.05) is 15.1 Å². The first-order valence-electron chi connectivity index (χ1n) is 4.17. The minimum absolute atomic E-state index is 0. The SMILES string of the molecule is COCCNS(=O)c1ccc(O)cc1.O.[HH]. The van der Waals surface area contributed by atoms with E-state index in [2.05, 4.69) is 4.72 Å². The lowest BCUT2D eigenvalue weighted by Crippen LogP contribution is -2.21. The molecule has 0 aromatic heterocycles. The molecule has 1 rings (SSSR count). The van der Waals surface area contributed by atoms with Gasteiger partial charge in [-0.25, -0.2) is 8.93 Å². The van der Waals surface area contributed by atoms with Gasteiger partial charge in [0.25, 0.3) is 0 Å². The van der Waals surface area contributed by atoms with Gasteiger partial charge in [0.05, 0.1) is 11.5 Å². The summed E-state index contributed by atoms with van der Waals surface area (Å²) >= 11 is 0. The van der Waals surface area contributed by atoms with Crippen molar-refractivity contribution in [2.24, 2.45) is 0 Å². The molecule has 0 radical (unpaired) electrons. The number of methoxy groups -OCH3 is 1. The highest BCUT2D eigenvalue weighted by Gasteiger charge is 2.01. The van der Waals surface area contributed by atoms with Crippen LogP contribution in [0, 0.1) is 0 Å². The Morgan fingerprint density at radius 3 is 2.60 bits per heavy atom. The number of phenolic OH excluding ortho intramolecular Hbond substituents is 1. The Bertz CT molecular complexity index is 307. The van der Waals surface area contributed by atoms with Gasteiger partial charge in [-0.15, -0.1) is 0 Å². The Morgan fingerprint density at radius 2 is 2.07 bits per heavy atom. The van der Waals surface area contributed by atoms with E-state index < -0.39 is 11.0 Å². The van der Waals surface area contributed by atoms with E-state index in [-0.39, 0.29) is 12.7 Å². The van der Waals surface area contributed by atoms with Gasteiger partial charge in [0.15, 0.2) is 0 Å². The van der Waals surface area contributed by atoms with Crippen LogP contribution in [0.1, 0.15) is 1.43 Å². The number of rotatable bonds is 5. The van der Waals surface area contributed by atoms with Crippen molar-refractivity contribution in [3.63, 3.8) is 0 Å². The fraction of sp³-hybridized carbons (Fsp3) is 0.333. The van der Waals surface area contributed by atoms with Crippen molar-refractivity contribution in [1.29, 1.82) is 0 Å². The van der Waals surface area contributed by atoms with E-state index in [1.54, 1.807) is 19.2 Å². The summed E-state index contributed by atoms with van der Waals surface area (Å²) in [5.74, 6) is 0.169. The molecule has 1 unspecified atom stereocenters. The maximum absolute atomic E-state index is 11.5. The minimum Gasteiger partial charge on any atom is -0.508 e. The molecule has 4 N–H and O–H groups in total. The lowest BCUT2D eigenvalue weighted by Gasteiger charge is -2.03. The number of aromatic hydroxyl groups is 1. The largest absolute Gasteiger partial charge is 0.508 e. The third-order valence-corrected chi connectivity index (χ3v) is 2.76. The molecule has 1 aromatic carbocycles. The van der Waals surface area contributed by atoms with Gasteiger partial charge in [-0.05, 0) is 24.3 Å². The lowest BCUT2D eigenvalue weighted by molar-refractivity contribution is 0.205. The summed E-state index contributed by atoms with van der Waals surface area (Å²) < 4.78 is 19.1. The monoisotopic (exact) mass is 235 g/mol. The molecular weight excluding hydrogens is 218 g/mol. The molecule has 0 aliphatic rings. The predicted molar refractivity (Wildman–Crippen MR) is 60.1 cm³/mol. The minimum atomic E-state index is -1.23. The Hall–Kier alpha value is -0.950. The lowest BCUT2D eigenvalue weighted by atomic mass is 10.3. The zero-order valence-corrected chi connectivity index (χ0v) is 9.21. The number of ether oxygens (including phenoxy) is 1. The molecule has 0 spiro atoms. The second-order valence-corrected chi connectivity index (χ2v) is 3.95. The first-order valence-corrected chi connectivity index (χ1v) is 5.32. The molecule has 1 atom stereocenters. The van der Waals surface area contributed by atoms with Gasteiger partial charge in [-0.2, -0.15) is 0 Å². The van der Waals surface area contributed by atoms with Gasteiger partial charge in [-0.3, -0.25) is 0 Å². The molecule has 5 nitrogen and oxygen atoms in total. The number of hydrogen-bond acceptors (Lipinski definition) is 3. The van der Waals surface area contributed by atoms with E-state index >= 15 is 0 Å². The fourth-order valence-corrected chi connectivity index (χ4v) is 1.71. The van der Waals surface area contributed by atoms with Crippen molar-refractivity contribution in [3.8, 4) is 5.75 Å². The molecule has 88 valence electrons. The van der Waals surface area contributed by atoms with Gasteiger partial charge in [-0.1, -0.05) is 0 Å². The number of benzene rings is 1. The van der Waals surface area contributed by atoms with E-state index in [0.29, 0.717) is 18.0 Å². The molecule has 0 aliphatic heterocycles. The van der Waals surface area contributed by atoms with E-state index in [1.165, 1.54) is 12.1 Å². The Balaban J connectivity index is 0. The van der Waals surface area contributed by atoms with Crippen molar-refractivity contribution in [1.82, 2.24) is 4.72 Å². The van der Waals surface area contributed by atoms with Crippen LogP contribution in [0.25, 0.3) is 0 Å². The van der Waals surface area contributed by atoms with Crippen LogP contribution < -0.4 is 4.72 Å². The summed E-state index contributed by atoms with van der Waals surface area (Å²) in [6, 6.07) is 6.24. The number of nitrogens with one attached hydrogen (secondary N) is 1. The highest BCUT2D eigenvalue weighted by Crippen LogP contribution is 2.11. The highest BCUT2D eigenvalue weighted by molar-refractivity contribution is 7.83. The Kier molecular flexibility index (Phi) is 6.89. The quantitative estimate of drug-likeness (QED) is 0.708. The molecule has 15 heavy (non-hydrogen) atoms. The molecule has 0 saturated carbocycles. The molecule has 0 saturated heterocycles. The molecule has 0 aliphatic carbocycles. The van der Waals surface area contributed by atoms with E-state index in [4.69, 9.17) is 9.84 Å². The van der Waals surface area contributed by atoms with E-state index in [9.17, 15) is 4.21 Å². The molecule has 0 amide bonds. The number of hydrogen-bond donors (Lipinski definition) is 2. The molecule has 6 heteroatoms. The summed E-state index contributed by atoms with van der Waals surface area (Å²) in [5, 5.41) is 9.01. The summed E-state index contributed by atoms with van der Waals surface area (Å²) in [4.78, 5) is 0.638. The zero-order valence-electron chi connectivity index (χ0n) is 8.40. The Labute approximate surface area is 92.5 Å². The van der Waals surface area contributed by atoms with Crippen LogP contribution >= 0.6 is 0 Å². The van der Waals surface area contributed by atoms with Crippen molar-refractivity contribution < 1.29 is 21.0 Å². The second-order valence-electron chi connectivity index (χ2n) is 2.65. The van der Waals surface area contributed by atoms with E-state index in [1.807, 2.05) is 0 Å². The Morgan fingerprint density at radius 1 is 1.47 bits per heavy atom. The first-order chi connectivity index (χ1) is 6.74. The van der Waals surface area contributed by atoms with Crippen molar-refractivity contribution in [2.45, 2.75) is 4.90 Å². The average molecular weight is 235 g/mol. The topological polar surface area (TPSA) is 90.1 Å². The molecule has 1 aromatic rings. The van der Waals surface area contributed by atoms with Crippen molar-refractivity contribution in [2.75, 3.05) is 20.3 Å². The third kappa shape index (κ3) is 4.89. The van der Waals surface area contributed by atoms with Crippen LogP contribution in [0.4, 0.5) is 0 Å². The highest BCUT2D eigenvalue weighted by atomic mass is 32.2. The third-order valence-electron chi connectivity index (χ3n) is 1.59. The maximum atomic E-state index is 11.5. The summed E-state index contributed by atoms with van der Waals surface area (Å²) in [6.45, 7) is 1.05. The first kappa shape index (κ1) is 14.1. The fourth-order valence-electron chi connectivity index (χ4n) is 0.889. The van der Waals surface area contributed by atoms with E-state index in [0.717, 1.165) is 0 Å².